The van der Waals surface area contributed by atoms with Crippen LogP contribution in [0.2, 0.25) is 0 Å². The molecule has 1 aliphatic heterocycles. The minimum absolute atomic E-state index is 0.838. The van der Waals surface area contributed by atoms with Gasteiger partial charge in [0.15, 0.2) is 0 Å². The van der Waals surface area contributed by atoms with Crippen LogP contribution in [-0.4, -0.2) is 31.2 Å². The lowest BCUT2D eigenvalue weighted by atomic mass is 10.1. The molecule has 0 radical (unpaired) electrons. The fraction of sp³-hybridized carbons (Fsp3) is 0.429. The lowest BCUT2D eigenvalue weighted by Crippen LogP contribution is -2.35. The Kier molecular flexibility index (Phi) is 4.00. The van der Waals surface area contributed by atoms with Crippen LogP contribution >= 0.6 is 0 Å². The number of rotatable bonds is 4. The summed E-state index contributed by atoms with van der Waals surface area (Å²) in [7, 11) is 0. The van der Waals surface area contributed by atoms with E-state index in [1.165, 1.54) is 11.3 Å². The van der Waals surface area contributed by atoms with Crippen molar-refractivity contribution in [3.8, 4) is 0 Å². The second-order valence-corrected chi connectivity index (χ2v) is 4.15. The SMILES string of the molecule is C=C(CCc1ccccc1)N1CCOCC1. The van der Waals surface area contributed by atoms with Gasteiger partial charge in [-0.05, 0) is 18.4 Å². The molecule has 0 spiro atoms. The van der Waals surface area contributed by atoms with E-state index >= 15 is 0 Å². The zero-order valence-electron chi connectivity index (χ0n) is 9.69. The molecule has 0 saturated carbocycles. The van der Waals surface area contributed by atoms with Crippen LogP contribution in [0.1, 0.15) is 12.0 Å². The van der Waals surface area contributed by atoms with Crippen molar-refractivity contribution in [3.05, 3.63) is 48.2 Å². The molecule has 0 amide bonds. The van der Waals surface area contributed by atoms with Crippen molar-refractivity contribution >= 4 is 0 Å². The quantitative estimate of drug-likeness (QED) is 0.768. The fourth-order valence-electron chi connectivity index (χ4n) is 1.97. The van der Waals surface area contributed by atoms with Crippen molar-refractivity contribution in [1.82, 2.24) is 4.90 Å². The molecule has 1 aromatic rings. The van der Waals surface area contributed by atoms with E-state index in [0.29, 0.717) is 0 Å². The summed E-state index contributed by atoms with van der Waals surface area (Å²) in [5.74, 6) is 0. The predicted octanol–water partition coefficient (Wildman–Crippen LogP) is 2.47. The van der Waals surface area contributed by atoms with E-state index in [-0.39, 0.29) is 0 Å². The van der Waals surface area contributed by atoms with Crippen LogP contribution in [0, 0.1) is 0 Å². The van der Waals surface area contributed by atoms with Gasteiger partial charge in [-0.25, -0.2) is 0 Å². The average molecular weight is 217 g/mol. The Balaban J connectivity index is 1.79. The number of morpholine rings is 1. The van der Waals surface area contributed by atoms with Gasteiger partial charge in [0, 0.05) is 18.8 Å². The second kappa shape index (κ2) is 5.71. The molecule has 0 aromatic heterocycles. The van der Waals surface area contributed by atoms with Gasteiger partial charge in [0.05, 0.1) is 13.2 Å². The largest absolute Gasteiger partial charge is 0.378 e. The standard InChI is InChI=1S/C14H19NO/c1-13(15-9-11-16-12-10-15)7-8-14-5-3-2-4-6-14/h2-6H,1,7-12H2. The van der Waals surface area contributed by atoms with Gasteiger partial charge in [-0.1, -0.05) is 36.9 Å². The van der Waals surface area contributed by atoms with Crippen molar-refractivity contribution in [2.75, 3.05) is 26.3 Å². The molecular weight excluding hydrogens is 198 g/mol. The Morgan fingerprint density at radius 3 is 2.56 bits per heavy atom. The molecule has 0 bridgehead atoms. The van der Waals surface area contributed by atoms with Gasteiger partial charge in [0.25, 0.3) is 0 Å². The third kappa shape index (κ3) is 3.11. The Bertz CT molecular complexity index is 328. The van der Waals surface area contributed by atoms with E-state index in [2.05, 4.69) is 41.8 Å². The van der Waals surface area contributed by atoms with E-state index in [0.717, 1.165) is 39.1 Å². The zero-order valence-corrected chi connectivity index (χ0v) is 9.69. The summed E-state index contributed by atoms with van der Waals surface area (Å²) in [5.41, 5.74) is 2.63. The van der Waals surface area contributed by atoms with Crippen molar-refractivity contribution in [1.29, 1.82) is 0 Å². The van der Waals surface area contributed by atoms with Crippen LogP contribution < -0.4 is 0 Å². The van der Waals surface area contributed by atoms with E-state index in [9.17, 15) is 0 Å². The maximum atomic E-state index is 5.33. The van der Waals surface area contributed by atoms with Gasteiger partial charge in [-0.2, -0.15) is 0 Å². The van der Waals surface area contributed by atoms with Crippen LogP contribution in [0.4, 0.5) is 0 Å². The summed E-state index contributed by atoms with van der Waals surface area (Å²) in [6, 6.07) is 10.6. The van der Waals surface area contributed by atoms with Crippen LogP contribution in [0.3, 0.4) is 0 Å². The van der Waals surface area contributed by atoms with Gasteiger partial charge >= 0.3 is 0 Å². The summed E-state index contributed by atoms with van der Waals surface area (Å²) in [4.78, 5) is 2.34. The van der Waals surface area contributed by atoms with Crippen molar-refractivity contribution in [2.45, 2.75) is 12.8 Å². The summed E-state index contributed by atoms with van der Waals surface area (Å²) < 4.78 is 5.33. The van der Waals surface area contributed by atoms with E-state index < -0.39 is 0 Å². The number of allylic oxidation sites excluding steroid dienone is 1. The first-order valence-electron chi connectivity index (χ1n) is 5.90. The first kappa shape index (κ1) is 11.2. The van der Waals surface area contributed by atoms with Gasteiger partial charge in [0.1, 0.15) is 0 Å². The number of ether oxygens (including phenoxy) is 1. The number of hydrogen-bond donors (Lipinski definition) is 0. The molecule has 2 nitrogen and oxygen atoms in total. The van der Waals surface area contributed by atoms with Crippen LogP contribution in [0.5, 0.6) is 0 Å². The third-order valence-corrected chi connectivity index (χ3v) is 3.00. The number of nitrogens with zero attached hydrogens (tertiary/aromatic N) is 1. The van der Waals surface area contributed by atoms with Crippen molar-refractivity contribution < 1.29 is 4.74 Å². The molecule has 1 saturated heterocycles. The molecule has 0 aliphatic carbocycles. The Labute approximate surface area is 97.5 Å². The third-order valence-electron chi connectivity index (χ3n) is 3.00. The minimum atomic E-state index is 0.838. The van der Waals surface area contributed by atoms with Crippen LogP contribution in [0.25, 0.3) is 0 Å². The smallest absolute Gasteiger partial charge is 0.0642 e. The van der Waals surface area contributed by atoms with E-state index in [1.54, 1.807) is 0 Å². The highest BCUT2D eigenvalue weighted by Crippen LogP contribution is 2.13. The highest BCUT2D eigenvalue weighted by atomic mass is 16.5. The monoisotopic (exact) mass is 217 g/mol. The molecule has 1 aliphatic rings. The Hall–Kier alpha value is -1.28. The second-order valence-electron chi connectivity index (χ2n) is 4.15. The lowest BCUT2D eigenvalue weighted by molar-refractivity contribution is 0.0523. The zero-order chi connectivity index (χ0) is 11.2. The van der Waals surface area contributed by atoms with Gasteiger partial charge < -0.3 is 9.64 Å². The topological polar surface area (TPSA) is 12.5 Å². The fourth-order valence-corrected chi connectivity index (χ4v) is 1.97. The number of benzene rings is 1. The number of aryl methyl sites for hydroxylation is 1. The molecule has 1 fully saturated rings. The Morgan fingerprint density at radius 2 is 1.88 bits per heavy atom. The highest BCUT2D eigenvalue weighted by molar-refractivity contribution is 5.16. The molecule has 1 aromatic carbocycles. The van der Waals surface area contributed by atoms with Gasteiger partial charge in [-0.15, -0.1) is 0 Å². The van der Waals surface area contributed by atoms with E-state index in [4.69, 9.17) is 4.74 Å². The molecular formula is C14H19NO. The van der Waals surface area contributed by atoms with Crippen LogP contribution in [-0.2, 0) is 11.2 Å². The van der Waals surface area contributed by atoms with Crippen LogP contribution in [0.15, 0.2) is 42.6 Å². The molecule has 1 heterocycles. The first-order chi connectivity index (χ1) is 7.86. The normalized spacial score (nSPS) is 16.1. The Morgan fingerprint density at radius 1 is 1.19 bits per heavy atom. The van der Waals surface area contributed by atoms with Gasteiger partial charge in [-0.3, -0.25) is 0 Å². The molecule has 2 rings (SSSR count). The molecule has 16 heavy (non-hydrogen) atoms. The molecule has 0 unspecified atom stereocenters. The lowest BCUT2D eigenvalue weighted by Gasteiger charge is -2.30. The first-order valence-corrected chi connectivity index (χ1v) is 5.90. The highest BCUT2D eigenvalue weighted by Gasteiger charge is 2.11. The van der Waals surface area contributed by atoms with E-state index in [1.807, 2.05) is 0 Å². The summed E-state index contributed by atoms with van der Waals surface area (Å²) >= 11 is 0. The molecule has 86 valence electrons. The maximum absolute atomic E-state index is 5.33. The van der Waals surface area contributed by atoms with Crippen molar-refractivity contribution in [2.24, 2.45) is 0 Å². The number of hydrogen-bond acceptors (Lipinski definition) is 2. The maximum Gasteiger partial charge on any atom is 0.0642 e. The molecule has 0 atom stereocenters. The minimum Gasteiger partial charge on any atom is -0.378 e. The summed E-state index contributed by atoms with van der Waals surface area (Å²) in [6.07, 6.45) is 2.13. The van der Waals surface area contributed by atoms with Gasteiger partial charge in [0.2, 0.25) is 0 Å². The molecule has 2 heteroatoms. The average Bonchev–Trinajstić information content (AvgIpc) is 2.38. The summed E-state index contributed by atoms with van der Waals surface area (Å²) in [6.45, 7) is 7.83. The molecule has 0 N–H and O–H groups in total. The predicted molar refractivity (Wildman–Crippen MR) is 66.3 cm³/mol. The summed E-state index contributed by atoms with van der Waals surface area (Å²) in [5, 5.41) is 0. The van der Waals surface area contributed by atoms with Crippen molar-refractivity contribution in [3.63, 3.8) is 0 Å².